The van der Waals surface area contributed by atoms with Gasteiger partial charge in [0.05, 0.1) is 0 Å². The first-order valence-corrected chi connectivity index (χ1v) is 8.94. The summed E-state index contributed by atoms with van der Waals surface area (Å²) < 4.78 is 4.66. The third-order valence-electron chi connectivity index (χ3n) is 2.80. The topological polar surface area (TPSA) is 0 Å². The summed E-state index contributed by atoms with van der Waals surface area (Å²) in [5.41, 5.74) is 3.00. The number of halogens is 1. The van der Waals surface area contributed by atoms with Crippen LogP contribution in [0.1, 0.15) is 6.92 Å². The molecule has 0 saturated carbocycles. The van der Waals surface area contributed by atoms with Crippen molar-refractivity contribution in [3.63, 3.8) is 0 Å². The van der Waals surface area contributed by atoms with Gasteiger partial charge in [-0.05, 0) is 0 Å². The van der Waals surface area contributed by atoms with Gasteiger partial charge in [-0.15, -0.1) is 0 Å². The van der Waals surface area contributed by atoms with Crippen LogP contribution in [0.15, 0.2) is 48.5 Å². The Labute approximate surface area is 97.7 Å². The van der Waals surface area contributed by atoms with Crippen molar-refractivity contribution in [2.75, 3.05) is 4.43 Å². The minimum absolute atomic E-state index is 1.04. The third-order valence-corrected chi connectivity index (χ3v) is 9.01. The molecule has 0 aliphatic carbocycles. The molecule has 0 radical (unpaired) electrons. The fraction of sp³-hybridized carbons (Fsp3) is 0.143. The van der Waals surface area contributed by atoms with E-state index in [1.807, 2.05) is 0 Å². The van der Waals surface area contributed by atoms with Crippen LogP contribution in [0.25, 0.3) is 11.1 Å². The van der Waals surface area contributed by atoms with Gasteiger partial charge in [-0.1, -0.05) is 0 Å². The normalized spacial score (nSPS) is 14.9. The second kappa shape index (κ2) is 3.63. The van der Waals surface area contributed by atoms with Crippen LogP contribution in [0.4, 0.5) is 0 Å². The monoisotopic (exact) mass is 308 g/mol. The van der Waals surface area contributed by atoms with Gasteiger partial charge in [0.1, 0.15) is 0 Å². The second-order valence-corrected chi connectivity index (χ2v) is 9.50. The van der Waals surface area contributed by atoms with Crippen LogP contribution in [0, 0.1) is 7.14 Å². The SMILES string of the molecule is CCI1c2ccccc2-c2ccccc21. The second-order valence-electron chi connectivity index (χ2n) is 3.59. The molecule has 1 heterocycles. The standard InChI is InChI=1S/C14H13I/c1-2-15-13-9-5-3-7-11(13)12-8-4-6-10-14(12)15/h3-10H,2H2,1H3. The zero-order chi connectivity index (χ0) is 10.3. The molecule has 0 amide bonds. The van der Waals surface area contributed by atoms with Gasteiger partial charge < -0.3 is 0 Å². The van der Waals surface area contributed by atoms with Crippen LogP contribution in [0.3, 0.4) is 0 Å². The Balaban J connectivity index is 2.31. The van der Waals surface area contributed by atoms with Gasteiger partial charge in [-0.25, -0.2) is 0 Å². The zero-order valence-electron chi connectivity index (χ0n) is 8.70. The molecule has 0 aromatic heterocycles. The predicted octanol–water partition coefficient (Wildman–Crippen LogP) is 4.23. The number of rotatable bonds is 1. The fourth-order valence-corrected chi connectivity index (χ4v) is 8.05. The molecule has 0 bridgehead atoms. The molecule has 2 aromatic carbocycles. The first-order valence-electron chi connectivity index (χ1n) is 5.26. The van der Waals surface area contributed by atoms with Gasteiger partial charge in [-0.3, -0.25) is 0 Å². The average molecular weight is 308 g/mol. The summed E-state index contributed by atoms with van der Waals surface area (Å²) in [4.78, 5) is 0. The first kappa shape index (κ1) is 9.40. The van der Waals surface area contributed by atoms with E-state index in [0.717, 1.165) is 0 Å². The fourth-order valence-electron chi connectivity index (χ4n) is 2.15. The van der Waals surface area contributed by atoms with E-state index in [4.69, 9.17) is 0 Å². The number of benzene rings is 2. The van der Waals surface area contributed by atoms with Crippen LogP contribution >= 0.6 is 19.8 Å². The van der Waals surface area contributed by atoms with Crippen LogP contribution in [-0.2, 0) is 0 Å². The molecule has 15 heavy (non-hydrogen) atoms. The number of hydrogen-bond donors (Lipinski definition) is 0. The van der Waals surface area contributed by atoms with Gasteiger partial charge >= 0.3 is 98.0 Å². The molecule has 1 aliphatic heterocycles. The van der Waals surface area contributed by atoms with E-state index < -0.39 is 19.8 Å². The van der Waals surface area contributed by atoms with Crippen molar-refractivity contribution in [1.82, 2.24) is 0 Å². The molecule has 0 fully saturated rings. The molecule has 1 heteroatoms. The van der Waals surface area contributed by atoms with Crippen molar-refractivity contribution in [3.05, 3.63) is 55.7 Å². The zero-order valence-corrected chi connectivity index (χ0v) is 10.9. The molecule has 76 valence electrons. The van der Waals surface area contributed by atoms with Crippen LogP contribution in [0.2, 0.25) is 0 Å². The Kier molecular flexibility index (Phi) is 2.28. The van der Waals surface area contributed by atoms with Crippen molar-refractivity contribution in [1.29, 1.82) is 0 Å². The number of alkyl halides is 1. The molecular weight excluding hydrogens is 295 g/mol. The maximum atomic E-state index is 2.34. The summed E-state index contributed by atoms with van der Waals surface area (Å²) in [5.74, 6) is 0. The van der Waals surface area contributed by atoms with Crippen molar-refractivity contribution >= 4 is 19.8 Å². The minimum atomic E-state index is -1.04. The summed E-state index contributed by atoms with van der Waals surface area (Å²) in [7, 11) is 0. The quantitative estimate of drug-likeness (QED) is 0.546. The van der Waals surface area contributed by atoms with Crippen molar-refractivity contribution < 1.29 is 0 Å². The summed E-state index contributed by atoms with van der Waals surface area (Å²) >= 11 is -1.04. The van der Waals surface area contributed by atoms with Crippen LogP contribution in [-0.4, -0.2) is 4.43 Å². The van der Waals surface area contributed by atoms with E-state index in [-0.39, 0.29) is 0 Å². The Morgan fingerprint density at radius 3 is 1.73 bits per heavy atom. The van der Waals surface area contributed by atoms with Gasteiger partial charge in [0, 0.05) is 0 Å². The van der Waals surface area contributed by atoms with E-state index in [9.17, 15) is 0 Å². The summed E-state index contributed by atoms with van der Waals surface area (Å²) in [5, 5.41) is 0. The Morgan fingerprint density at radius 1 is 0.800 bits per heavy atom. The van der Waals surface area contributed by atoms with Crippen LogP contribution < -0.4 is 0 Å². The molecule has 0 atom stereocenters. The summed E-state index contributed by atoms with van der Waals surface area (Å²) in [6, 6.07) is 17.9. The van der Waals surface area contributed by atoms with Crippen molar-refractivity contribution in [2.45, 2.75) is 6.92 Å². The van der Waals surface area contributed by atoms with E-state index in [1.165, 1.54) is 15.6 Å². The van der Waals surface area contributed by atoms with E-state index >= 15 is 0 Å². The molecule has 3 rings (SSSR count). The number of hydrogen-bond acceptors (Lipinski definition) is 0. The molecule has 0 spiro atoms. The molecule has 2 aromatic rings. The Bertz CT molecular complexity index is 457. The molecule has 0 nitrogen and oxygen atoms in total. The third kappa shape index (κ3) is 1.33. The van der Waals surface area contributed by atoms with Gasteiger partial charge in [0.25, 0.3) is 0 Å². The maximum absolute atomic E-state index is 2.34. The van der Waals surface area contributed by atoms with Crippen molar-refractivity contribution in [2.24, 2.45) is 0 Å². The molecule has 0 saturated heterocycles. The van der Waals surface area contributed by atoms with Crippen LogP contribution in [0.5, 0.6) is 0 Å². The predicted molar refractivity (Wildman–Crippen MR) is 73.8 cm³/mol. The molecule has 0 N–H and O–H groups in total. The van der Waals surface area contributed by atoms with E-state index in [1.54, 1.807) is 7.14 Å². The molecular formula is C14H13I. The van der Waals surface area contributed by atoms with Gasteiger partial charge in [0.2, 0.25) is 0 Å². The molecule has 1 aliphatic rings. The van der Waals surface area contributed by atoms with E-state index in [0.29, 0.717) is 0 Å². The Morgan fingerprint density at radius 2 is 1.27 bits per heavy atom. The van der Waals surface area contributed by atoms with E-state index in [2.05, 4.69) is 55.5 Å². The number of fused-ring (bicyclic) bond motifs is 3. The van der Waals surface area contributed by atoms with Gasteiger partial charge in [0.15, 0.2) is 0 Å². The molecule has 0 unspecified atom stereocenters. The summed E-state index contributed by atoms with van der Waals surface area (Å²) in [6.45, 7) is 2.34. The summed E-state index contributed by atoms with van der Waals surface area (Å²) in [6.07, 6.45) is 0. The Hall–Kier alpha value is -0.830. The first-order chi connectivity index (χ1) is 7.42. The van der Waals surface area contributed by atoms with Crippen molar-refractivity contribution in [3.8, 4) is 11.1 Å². The average Bonchev–Trinajstić information content (AvgIpc) is 2.63. The van der Waals surface area contributed by atoms with Gasteiger partial charge in [-0.2, -0.15) is 0 Å².